The van der Waals surface area contributed by atoms with Crippen LogP contribution in [0.3, 0.4) is 0 Å². The summed E-state index contributed by atoms with van der Waals surface area (Å²) in [7, 11) is 0. The summed E-state index contributed by atoms with van der Waals surface area (Å²) in [6, 6.07) is 4.10. The van der Waals surface area contributed by atoms with Crippen LogP contribution >= 0.6 is 11.3 Å². The molecule has 4 N–H and O–H groups in total. The maximum absolute atomic E-state index is 13.3. The minimum atomic E-state index is -0.942. The first-order valence-electron chi connectivity index (χ1n) is 7.18. The van der Waals surface area contributed by atoms with E-state index in [4.69, 9.17) is 5.73 Å². The molecule has 0 saturated heterocycles. The summed E-state index contributed by atoms with van der Waals surface area (Å²) in [5, 5.41) is 7.65. The highest BCUT2D eigenvalue weighted by Gasteiger charge is 2.19. The van der Waals surface area contributed by atoms with Gasteiger partial charge in [0, 0.05) is 6.04 Å². The van der Waals surface area contributed by atoms with E-state index in [1.165, 1.54) is 23.5 Å². The molecular weight excluding hydrogens is 336 g/mol. The Balaban J connectivity index is 2.01. The van der Waals surface area contributed by atoms with Crippen LogP contribution in [0.4, 0.5) is 13.8 Å². The number of anilines is 1. The van der Waals surface area contributed by atoms with Crippen LogP contribution in [0.2, 0.25) is 0 Å². The molecule has 8 heteroatoms. The molecule has 2 rings (SSSR count). The predicted octanol–water partition coefficient (Wildman–Crippen LogP) is 2.80. The Labute approximate surface area is 141 Å². The van der Waals surface area contributed by atoms with Crippen molar-refractivity contribution < 1.29 is 18.4 Å². The number of hydrogen-bond acceptors (Lipinski definition) is 4. The molecule has 0 unspecified atom stereocenters. The Hall–Kier alpha value is -2.32. The summed E-state index contributed by atoms with van der Waals surface area (Å²) < 4.78 is 26.3. The number of thiophene rings is 1. The van der Waals surface area contributed by atoms with Crippen LogP contribution in [0.1, 0.15) is 35.8 Å². The predicted molar refractivity (Wildman–Crippen MR) is 88.8 cm³/mol. The van der Waals surface area contributed by atoms with E-state index in [1.807, 2.05) is 0 Å². The summed E-state index contributed by atoms with van der Waals surface area (Å²) in [5.74, 6) is -2.85. The lowest BCUT2D eigenvalue weighted by Gasteiger charge is -2.20. The van der Waals surface area contributed by atoms with Gasteiger partial charge in [-0.25, -0.2) is 8.78 Å². The van der Waals surface area contributed by atoms with Gasteiger partial charge < -0.3 is 11.1 Å². The zero-order valence-corrected chi connectivity index (χ0v) is 13.9. The highest BCUT2D eigenvalue weighted by atomic mass is 32.1. The van der Waals surface area contributed by atoms with Crippen molar-refractivity contribution >= 4 is 28.2 Å². The lowest BCUT2D eigenvalue weighted by Crippen LogP contribution is -2.39. The highest BCUT2D eigenvalue weighted by Crippen LogP contribution is 2.23. The van der Waals surface area contributed by atoms with Gasteiger partial charge in [-0.15, -0.1) is 11.3 Å². The smallest absolute Gasteiger partial charge is 0.251 e. The molecule has 24 heavy (non-hydrogen) atoms. The van der Waals surface area contributed by atoms with Gasteiger partial charge in [-0.05, 0) is 43.0 Å². The maximum Gasteiger partial charge on any atom is 0.251 e. The number of nitrogens with two attached hydrogens (primary N) is 1. The number of carbonyl (C=O) groups excluding carboxylic acids is 2. The molecule has 1 aromatic heterocycles. The zero-order valence-electron chi connectivity index (χ0n) is 13.1. The summed E-state index contributed by atoms with van der Waals surface area (Å²) in [6.07, 6.45) is 0. The number of halogens is 2. The van der Waals surface area contributed by atoms with Crippen LogP contribution < -0.4 is 16.4 Å². The van der Waals surface area contributed by atoms with Crippen LogP contribution in [0.15, 0.2) is 29.6 Å². The normalized spacial score (nSPS) is 13.3. The lowest BCUT2D eigenvalue weighted by atomic mass is 10.1. The number of primary amides is 1. The molecule has 0 bridgehead atoms. The molecule has 0 fully saturated rings. The monoisotopic (exact) mass is 353 g/mol. The van der Waals surface area contributed by atoms with Crippen molar-refractivity contribution in [3.8, 4) is 0 Å². The van der Waals surface area contributed by atoms with E-state index in [0.717, 1.165) is 12.1 Å². The molecule has 0 aliphatic carbocycles. The molecule has 128 valence electrons. The van der Waals surface area contributed by atoms with E-state index in [9.17, 15) is 18.4 Å². The minimum absolute atomic E-state index is 0.245. The van der Waals surface area contributed by atoms with Crippen molar-refractivity contribution in [1.82, 2.24) is 5.32 Å². The van der Waals surface area contributed by atoms with Gasteiger partial charge in [-0.3, -0.25) is 14.9 Å². The van der Waals surface area contributed by atoms with Crippen molar-refractivity contribution in [1.29, 1.82) is 0 Å². The fourth-order valence-electron chi connectivity index (χ4n) is 2.15. The van der Waals surface area contributed by atoms with Crippen LogP contribution in [0.25, 0.3) is 0 Å². The molecule has 0 spiro atoms. The average molecular weight is 353 g/mol. The van der Waals surface area contributed by atoms with E-state index in [1.54, 1.807) is 19.2 Å². The molecular formula is C16H17F2N3O2S. The number of hydrogen-bond donors (Lipinski definition) is 3. The Bertz CT molecular complexity index is 764. The second kappa shape index (κ2) is 7.50. The molecule has 1 aromatic carbocycles. The SMILES string of the molecule is C[C@@H](N[C@H](C)c1ccc(F)c(F)c1)C(=O)Nc1sccc1C(N)=O. The van der Waals surface area contributed by atoms with Crippen LogP contribution in [0, 0.1) is 11.6 Å². The fraction of sp³-hybridized carbons (Fsp3) is 0.250. The summed E-state index contributed by atoms with van der Waals surface area (Å²) in [6.45, 7) is 3.36. The maximum atomic E-state index is 13.3. The van der Waals surface area contributed by atoms with Crippen LogP contribution in [-0.2, 0) is 4.79 Å². The molecule has 2 amide bonds. The number of carbonyl (C=O) groups is 2. The van der Waals surface area contributed by atoms with Crippen molar-refractivity contribution in [2.45, 2.75) is 25.9 Å². The second-order valence-electron chi connectivity index (χ2n) is 5.30. The largest absolute Gasteiger partial charge is 0.366 e. The van der Waals surface area contributed by atoms with Crippen molar-refractivity contribution in [2.75, 3.05) is 5.32 Å². The van der Waals surface area contributed by atoms with Crippen molar-refractivity contribution in [3.05, 3.63) is 52.4 Å². The summed E-state index contributed by atoms with van der Waals surface area (Å²) >= 11 is 1.19. The Morgan fingerprint density at radius 1 is 1.17 bits per heavy atom. The number of benzene rings is 1. The first-order chi connectivity index (χ1) is 11.3. The first kappa shape index (κ1) is 18.0. The molecule has 2 atom stereocenters. The zero-order chi connectivity index (χ0) is 17.9. The summed E-state index contributed by atoms with van der Waals surface area (Å²) in [5.41, 5.74) is 5.99. The third-order valence-electron chi connectivity index (χ3n) is 3.50. The van der Waals surface area contributed by atoms with Crippen LogP contribution in [0.5, 0.6) is 0 Å². The van der Waals surface area contributed by atoms with E-state index in [0.29, 0.717) is 10.6 Å². The first-order valence-corrected chi connectivity index (χ1v) is 8.06. The van der Waals surface area contributed by atoms with Gasteiger partial charge in [0.25, 0.3) is 5.91 Å². The Kier molecular flexibility index (Phi) is 5.63. The van der Waals surface area contributed by atoms with Gasteiger partial charge in [0.1, 0.15) is 5.00 Å². The molecule has 0 aliphatic heterocycles. The van der Waals surface area contributed by atoms with E-state index in [-0.39, 0.29) is 17.5 Å². The third-order valence-corrected chi connectivity index (χ3v) is 4.33. The third kappa shape index (κ3) is 4.15. The molecule has 5 nitrogen and oxygen atoms in total. The second-order valence-corrected chi connectivity index (χ2v) is 6.22. The summed E-state index contributed by atoms with van der Waals surface area (Å²) in [4.78, 5) is 23.5. The highest BCUT2D eigenvalue weighted by molar-refractivity contribution is 7.14. The Morgan fingerprint density at radius 3 is 2.50 bits per heavy atom. The molecule has 0 radical (unpaired) electrons. The van der Waals surface area contributed by atoms with E-state index < -0.39 is 23.6 Å². The number of nitrogens with one attached hydrogen (secondary N) is 2. The topological polar surface area (TPSA) is 84.2 Å². The van der Waals surface area contributed by atoms with Gasteiger partial charge in [-0.1, -0.05) is 6.07 Å². The van der Waals surface area contributed by atoms with Gasteiger partial charge in [0.05, 0.1) is 11.6 Å². The van der Waals surface area contributed by atoms with Gasteiger partial charge in [-0.2, -0.15) is 0 Å². The molecule has 0 aliphatic rings. The van der Waals surface area contributed by atoms with Gasteiger partial charge in [0.15, 0.2) is 11.6 Å². The van der Waals surface area contributed by atoms with Crippen molar-refractivity contribution in [2.24, 2.45) is 5.73 Å². The van der Waals surface area contributed by atoms with Gasteiger partial charge in [0.2, 0.25) is 5.91 Å². The van der Waals surface area contributed by atoms with Crippen LogP contribution in [-0.4, -0.2) is 17.9 Å². The van der Waals surface area contributed by atoms with Crippen molar-refractivity contribution in [3.63, 3.8) is 0 Å². The molecule has 1 heterocycles. The fourth-order valence-corrected chi connectivity index (χ4v) is 2.94. The number of rotatable bonds is 6. The van der Waals surface area contributed by atoms with Gasteiger partial charge >= 0.3 is 0 Å². The van der Waals surface area contributed by atoms with E-state index in [2.05, 4.69) is 10.6 Å². The quantitative estimate of drug-likeness (QED) is 0.747. The standard InChI is InChI=1S/C16H17F2N3O2S/c1-8(10-3-4-12(17)13(18)7-10)20-9(2)15(23)21-16-11(14(19)22)5-6-24-16/h3-9,20H,1-2H3,(H2,19,22)(H,21,23)/t8-,9-/m1/s1. The number of amides is 2. The van der Waals surface area contributed by atoms with E-state index >= 15 is 0 Å². The average Bonchev–Trinajstić information content (AvgIpc) is 2.98. The molecule has 2 aromatic rings. The molecule has 0 saturated carbocycles. The minimum Gasteiger partial charge on any atom is -0.366 e. The Morgan fingerprint density at radius 2 is 1.88 bits per heavy atom. The lowest BCUT2D eigenvalue weighted by molar-refractivity contribution is -0.117.